The molecule has 0 fully saturated rings. The van der Waals surface area contributed by atoms with Crippen molar-refractivity contribution < 1.29 is 0 Å². The van der Waals surface area contributed by atoms with Crippen molar-refractivity contribution in [1.29, 1.82) is 0 Å². The van der Waals surface area contributed by atoms with Crippen LogP contribution >= 0.6 is 0 Å². The minimum Gasteiger partial charge on any atom is -0.0814 e. The van der Waals surface area contributed by atoms with E-state index in [9.17, 15) is 0 Å². The van der Waals surface area contributed by atoms with Gasteiger partial charge in [-0.25, -0.2) is 0 Å². The molecule has 0 saturated carbocycles. The van der Waals surface area contributed by atoms with E-state index in [2.05, 4.69) is 54.5 Å². The van der Waals surface area contributed by atoms with Gasteiger partial charge in [-0.3, -0.25) is 0 Å². The Bertz CT molecular complexity index is 349. The van der Waals surface area contributed by atoms with Crippen LogP contribution in [-0.4, -0.2) is 0 Å². The zero-order chi connectivity index (χ0) is 20.8. The van der Waals surface area contributed by atoms with Crippen LogP contribution in [0.25, 0.3) is 0 Å². The Morgan fingerprint density at radius 3 is 1.85 bits per heavy atom. The zero-order valence-corrected chi connectivity index (χ0v) is 20.6. The van der Waals surface area contributed by atoms with Gasteiger partial charge in [-0.1, -0.05) is 113 Å². The van der Waals surface area contributed by atoms with E-state index < -0.39 is 0 Å². The monoisotopic (exact) mass is 366 g/mol. The summed E-state index contributed by atoms with van der Waals surface area (Å²) in [5.41, 5.74) is 2.78. The third kappa shape index (κ3) is 8.18. The van der Waals surface area contributed by atoms with Crippen molar-refractivity contribution in [3.05, 3.63) is 11.6 Å². The predicted molar refractivity (Wildman–Crippen MR) is 124 cm³/mol. The Kier molecular flexibility index (Phi) is 15.9. The van der Waals surface area contributed by atoms with E-state index in [1.165, 1.54) is 57.8 Å². The molecule has 0 spiro atoms. The molecule has 0 radical (unpaired) electrons. The van der Waals surface area contributed by atoms with Gasteiger partial charge < -0.3 is 0 Å². The fraction of sp³-hybridized carbons (Fsp3) is 0.923. The van der Waals surface area contributed by atoms with E-state index in [-0.39, 0.29) is 0 Å². The third-order valence-electron chi connectivity index (χ3n) is 6.69. The second-order valence-corrected chi connectivity index (χ2v) is 8.68. The lowest BCUT2D eigenvalue weighted by atomic mass is 9.60. The molecule has 1 aliphatic carbocycles. The van der Waals surface area contributed by atoms with Crippen LogP contribution in [0.15, 0.2) is 11.6 Å². The fourth-order valence-corrected chi connectivity index (χ4v) is 4.75. The zero-order valence-electron chi connectivity index (χ0n) is 20.6. The molecule has 0 nitrogen and oxygen atoms in total. The standard InChI is InChI=1S/C22H42.2C2H6/c1-8-12-16-21(5,6)19-13-14-20(18(10-3)17-19)22(7,11-4)15-9-2;2*1-2/h17,19-20H,8-16H2,1-7H3;2*1-2H3. The topological polar surface area (TPSA) is 0 Å². The van der Waals surface area contributed by atoms with E-state index in [1.807, 2.05) is 27.7 Å². The minimum absolute atomic E-state index is 0.481. The summed E-state index contributed by atoms with van der Waals surface area (Å²) in [5, 5.41) is 0. The summed E-state index contributed by atoms with van der Waals surface area (Å²) < 4.78 is 0. The predicted octanol–water partition coefficient (Wildman–Crippen LogP) is 9.83. The Morgan fingerprint density at radius 1 is 0.846 bits per heavy atom. The van der Waals surface area contributed by atoms with Crippen molar-refractivity contribution in [2.45, 2.75) is 134 Å². The van der Waals surface area contributed by atoms with Gasteiger partial charge in [0.2, 0.25) is 0 Å². The molecular formula is C26H54. The summed E-state index contributed by atoms with van der Waals surface area (Å²) in [7, 11) is 0. The van der Waals surface area contributed by atoms with Crippen molar-refractivity contribution in [2.24, 2.45) is 22.7 Å². The summed E-state index contributed by atoms with van der Waals surface area (Å²) in [6, 6.07) is 0. The summed E-state index contributed by atoms with van der Waals surface area (Å²) in [6.45, 7) is 25.0. The first kappa shape index (κ1) is 28.0. The molecule has 0 aromatic rings. The van der Waals surface area contributed by atoms with Crippen molar-refractivity contribution in [2.75, 3.05) is 0 Å². The molecule has 0 amide bonds. The molecule has 0 saturated heterocycles. The van der Waals surface area contributed by atoms with Gasteiger partial charge in [-0.2, -0.15) is 0 Å². The highest BCUT2D eigenvalue weighted by molar-refractivity contribution is 5.17. The third-order valence-corrected chi connectivity index (χ3v) is 6.69. The van der Waals surface area contributed by atoms with Crippen LogP contribution < -0.4 is 0 Å². The Morgan fingerprint density at radius 2 is 1.42 bits per heavy atom. The Balaban J connectivity index is 0. The van der Waals surface area contributed by atoms with Crippen LogP contribution in [0.1, 0.15) is 134 Å². The molecule has 0 aromatic heterocycles. The first-order valence-electron chi connectivity index (χ1n) is 12.0. The second-order valence-electron chi connectivity index (χ2n) is 8.68. The van der Waals surface area contributed by atoms with Gasteiger partial charge in [0.1, 0.15) is 0 Å². The number of unbranched alkanes of at least 4 members (excludes halogenated alkanes) is 1. The minimum atomic E-state index is 0.481. The maximum atomic E-state index is 2.72. The summed E-state index contributed by atoms with van der Waals surface area (Å²) in [4.78, 5) is 0. The molecule has 26 heavy (non-hydrogen) atoms. The van der Waals surface area contributed by atoms with Crippen molar-refractivity contribution in [3.63, 3.8) is 0 Å². The van der Waals surface area contributed by atoms with Crippen LogP contribution in [0.2, 0.25) is 0 Å². The maximum absolute atomic E-state index is 2.72. The van der Waals surface area contributed by atoms with Gasteiger partial charge in [-0.15, -0.1) is 0 Å². The molecule has 3 atom stereocenters. The Hall–Kier alpha value is -0.260. The molecule has 0 N–H and O–H groups in total. The first-order valence-corrected chi connectivity index (χ1v) is 12.0. The number of allylic oxidation sites excluding steroid dienone is 2. The van der Waals surface area contributed by atoms with Gasteiger partial charge >= 0.3 is 0 Å². The van der Waals surface area contributed by atoms with Gasteiger partial charge in [0.25, 0.3) is 0 Å². The summed E-state index contributed by atoms with van der Waals surface area (Å²) in [6.07, 6.45) is 14.9. The fourth-order valence-electron chi connectivity index (χ4n) is 4.75. The normalized spacial score (nSPS) is 22.2. The lowest BCUT2D eigenvalue weighted by molar-refractivity contribution is 0.131. The lowest BCUT2D eigenvalue weighted by Gasteiger charge is -2.45. The molecule has 1 rings (SSSR count). The average Bonchev–Trinajstić information content (AvgIpc) is 2.69. The van der Waals surface area contributed by atoms with E-state index >= 15 is 0 Å². The van der Waals surface area contributed by atoms with E-state index in [1.54, 1.807) is 5.57 Å². The van der Waals surface area contributed by atoms with Gasteiger partial charge in [-0.05, 0) is 54.8 Å². The average molecular weight is 367 g/mol. The molecule has 0 bridgehead atoms. The largest absolute Gasteiger partial charge is 0.0814 e. The number of rotatable bonds is 9. The van der Waals surface area contributed by atoms with Crippen molar-refractivity contribution >= 4 is 0 Å². The van der Waals surface area contributed by atoms with Crippen LogP contribution in [0.5, 0.6) is 0 Å². The number of hydrogen-bond acceptors (Lipinski definition) is 0. The SMILES string of the molecule is CC.CC.CCCCC(C)(C)C1C=C(CC)C(C(C)(CC)CCC)CC1. The molecular weight excluding hydrogens is 312 g/mol. The van der Waals surface area contributed by atoms with Crippen molar-refractivity contribution in [1.82, 2.24) is 0 Å². The smallest absolute Gasteiger partial charge is 0.0149 e. The molecule has 158 valence electrons. The van der Waals surface area contributed by atoms with E-state index in [0.717, 1.165) is 11.8 Å². The highest BCUT2D eigenvalue weighted by Gasteiger charge is 2.39. The van der Waals surface area contributed by atoms with E-state index in [0.29, 0.717) is 10.8 Å². The second kappa shape index (κ2) is 14.8. The lowest BCUT2D eigenvalue weighted by Crippen LogP contribution is -2.34. The van der Waals surface area contributed by atoms with Crippen molar-refractivity contribution in [3.8, 4) is 0 Å². The molecule has 0 aromatic carbocycles. The first-order chi connectivity index (χ1) is 12.3. The van der Waals surface area contributed by atoms with Crippen LogP contribution in [0, 0.1) is 22.7 Å². The van der Waals surface area contributed by atoms with Gasteiger partial charge in [0, 0.05) is 0 Å². The maximum Gasteiger partial charge on any atom is -0.0149 e. The van der Waals surface area contributed by atoms with Crippen LogP contribution in [0.4, 0.5) is 0 Å². The quantitative estimate of drug-likeness (QED) is 0.356. The highest BCUT2D eigenvalue weighted by atomic mass is 14.4. The Labute approximate surface area is 168 Å². The van der Waals surface area contributed by atoms with Crippen LogP contribution in [0.3, 0.4) is 0 Å². The van der Waals surface area contributed by atoms with E-state index in [4.69, 9.17) is 0 Å². The molecule has 0 heteroatoms. The highest BCUT2D eigenvalue weighted by Crippen LogP contribution is 2.50. The molecule has 0 aliphatic heterocycles. The number of hydrogen-bond donors (Lipinski definition) is 0. The van der Waals surface area contributed by atoms with Crippen LogP contribution in [-0.2, 0) is 0 Å². The van der Waals surface area contributed by atoms with Gasteiger partial charge in [0.15, 0.2) is 0 Å². The molecule has 0 heterocycles. The molecule has 1 aliphatic rings. The van der Waals surface area contributed by atoms with Gasteiger partial charge in [0.05, 0.1) is 0 Å². The summed E-state index contributed by atoms with van der Waals surface area (Å²) >= 11 is 0. The summed E-state index contributed by atoms with van der Waals surface area (Å²) in [5.74, 6) is 1.63. The molecule has 3 unspecified atom stereocenters.